The summed E-state index contributed by atoms with van der Waals surface area (Å²) in [5.41, 5.74) is -1.76. The number of esters is 2. The van der Waals surface area contributed by atoms with Gasteiger partial charge in [0.15, 0.2) is 0 Å². The molecular formula is C19H35NO6. The summed E-state index contributed by atoms with van der Waals surface area (Å²) in [4.78, 5) is 36.4. The molecule has 152 valence electrons. The van der Waals surface area contributed by atoms with Crippen molar-refractivity contribution >= 4 is 17.8 Å². The molecular weight excluding hydrogens is 338 g/mol. The first-order valence-electron chi connectivity index (χ1n) is 9.68. The number of rotatable bonds is 15. The maximum Gasteiger partial charge on any atom is 0.343 e. The maximum atomic E-state index is 12.4. The fraction of sp³-hybridized carbons (Fsp3) is 0.842. The molecule has 0 saturated heterocycles. The van der Waals surface area contributed by atoms with E-state index >= 15 is 0 Å². The lowest BCUT2D eigenvalue weighted by atomic mass is 9.91. The zero-order valence-corrected chi connectivity index (χ0v) is 16.5. The van der Waals surface area contributed by atoms with Gasteiger partial charge in [0.1, 0.15) is 0 Å². The van der Waals surface area contributed by atoms with Crippen LogP contribution >= 0.6 is 0 Å². The molecule has 0 fully saturated rings. The highest BCUT2D eigenvalue weighted by Crippen LogP contribution is 2.21. The highest BCUT2D eigenvalue weighted by molar-refractivity contribution is 6.07. The van der Waals surface area contributed by atoms with E-state index in [1.807, 2.05) is 0 Å². The van der Waals surface area contributed by atoms with E-state index in [9.17, 15) is 14.4 Å². The standard InChI is InChI=1S/C19H35NO6/c1-4-25-17(23)19(20-16(3)22,18(24)26-5-2)14-12-10-8-6-7-9-11-13-15-21/h21H,4-15H2,1-3H3,(H,20,22). The van der Waals surface area contributed by atoms with Gasteiger partial charge in [0.25, 0.3) is 0 Å². The van der Waals surface area contributed by atoms with Crippen molar-refractivity contribution in [1.82, 2.24) is 5.32 Å². The lowest BCUT2D eigenvalue weighted by Crippen LogP contribution is -2.61. The van der Waals surface area contributed by atoms with Crippen LogP contribution in [0.3, 0.4) is 0 Å². The minimum atomic E-state index is -1.76. The van der Waals surface area contributed by atoms with Gasteiger partial charge in [0.2, 0.25) is 11.4 Å². The van der Waals surface area contributed by atoms with Gasteiger partial charge in [-0.15, -0.1) is 0 Å². The topological polar surface area (TPSA) is 102 Å². The molecule has 0 aliphatic carbocycles. The van der Waals surface area contributed by atoms with Crippen LogP contribution in [0.5, 0.6) is 0 Å². The molecule has 0 aromatic rings. The number of amides is 1. The Morgan fingerprint density at radius 1 is 0.808 bits per heavy atom. The van der Waals surface area contributed by atoms with Crippen LogP contribution in [0.4, 0.5) is 0 Å². The molecule has 0 unspecified atom stereocenters. The van der Waals surface area contributed by atoms with E-state index < -0.39 is 23.4 Å². The Hall–Kier alpha value is -1.63. The molecule has 0 spiro atoms. The Morgan fingerprint density at radius 3 is 1.62 bits per heavy atom. The molecule has 0 aromatic carbocycles. The summed E-state index contributed by atoms with van der Waals surface area (Å²) in [6, 6.07) is 0. The molecule has 7 nitrogen and oxygen atoms in total. The number of hydrogen-bond donors (Lipinski definition) is 2. The molecule has 0 atom stereocenters. The van der Waals surface area contributed by atoms with Gasteiger partial charge in [-0.3, -0.25) is 4.79 Å². The van der Waals surface area contributed by atoms with Crippen LogP contribution in [0.25, 0.3) is 0 Å². The quantitative estimate of drug-likeness (QED) is 0.260. The van der Waals surface area contributed by atoms with Crippen molar-refractivity contribution in [3.05, 3.63) is 0 Å². The number of ether oxygens (including phenoxy) is 2. The molecule has 1 amide bonds. The second-order valence-electron chi connectivity index (χ2n) is 6.33. The largest absolute Gasteiger partial charge is 0.464 e. The summed E-state index contributed by atoms with van der Waals surface area (Å²) in [6.45, 7) is 5.05. The van der Waals surface area contributed by atoms with E-state index in [1.54, 1.807) is 13.8 Å². The number of carbonyl (C=O) groups is 3. The average Bonchev–Trinajstić information content (AvgIpc) is 2.59. The Kier molecular flexibility index (Phi) is 13.6. The van der Waals surface area contributed by atoms with Crippen LogP contribution in [-0.2, 0) is 23.9 Å². The van der Waals surface area contributed by atoms with Gasteiger partial charge in [-0.2, -0.15) is 0 Å². The summed E-state index contributed by atoms with van der Waals surface area (Å²) in [7, 11) is 0. The van der Waals surface area contributed by atoms with Gasteiger partial charge < -0.3 is 19.9 Å². The summed E-state index contributed by atoms with van der Waals surface area (Å²) >= 11 is 0. The highest BCUT2D eigenvalue weighted by atomic mass is 16.6. The van der Waals surface area contributed by atoms with Crippen LogP contribution in [0.1, 0.15) is 78.6 Å². The molecule has 7 heteroatoms. The molecule has 0 aromatic heterocycles. The van der Waals surface area contributed by atoms with Crippen LogP contribution in [0.15, 0.2) is 0 Å². The molecule has 0 aliphatic heterocycles. The molecule has 0 rings (SSSR count). The van der Waals surface area contributed by atoms with Gasteiger partial charge in [0.05, 0.1) is 13.2 Å². The predicted molar refractivity (Wildman–Crippen MR) is 98.5 cm³/mol. The Labute approximate surface area is 156 Å². The smallest absolute Gasteiger partial charge is 0.343 e. The number of nitrogens with one attached hydrogen (secondary N) is 1. The summed E-state index contributed by atoms with van der Waals surface area (Å²) in [6.07, 6.45) is 7.75. The Morgan fingerprint density at radius 2 is 1.23 bits per heavy atom. The van der Waals surface area contributed by atoms with Crippen LogP contribution in [0, 0.1) is 0 Å². The zero-order chi connectivity index (χ0) is 19.8. The summed E-state index contributed by atoms with van der Waals surface area (Å²) in [5, 5.41) is 11.2. The SMILES string of the molecule is CCOC(=O)C(CCCCCCCCCCO)(NC(C)=O)C(=O)OCC. The van der Waals surface area contributed by atoms with Gasteiger partial charge in [0, 0.05) is 13.5 Å². The molecule has 0 radical (unpaired) electrons. The van der Waals surface area contributed by atoms with E-state index in [2.05, 4.69) is 5.32 Å². The molecule has 0 bridgehead atoms. The van der Waals surface area contributed by atoms with E-state index in [0.717, 1.165) is 44.9 Å². The third kappa shape index (κ3) is 9.17. The second-order valence-corrected chi connectivity index (χ2v) is 6.33. The summed E-state index contributed by atoms with van der Waals surface area (Å²) in [5.74, 6) is -2.01. The van der Waals surface area contributed by atoms with Crippen molar-refractivity contribution in [1.29, 1.82) is 0 Å². The van der Waals surface area contributed by atoms with Crippen LogP contribution in [-0.4, -0.2) is 48.3 Å². The van der Waals surface area contributed by atoms with Crippen molar-refractivity contribution in [2.75, 3.05) is 19.8 Å². The van der Waals surface area contributed by atoms with E-state index in [0.29, 0.717) is 6.42 Å². The predicted octanol–water partition coefficient (Wildman–Crippen LogP) is 2.49. The van der Waals surface area contributed by atoms with Gasteiger partial charge in [-0.25, -0.2) is 9.59 Å². The van der Waals surface area contributed by atoms with Gasteiger partial charge >= 0.3 is 11.9 Å². The molecule has 0 heterocycles. The number of carbonyl (C=O) groups excluding carboxylic acids is 3. The Bertz CT molecular complexity index is 406. The van der Waals surface area contributed by atoms with E-state index in [4.69, 9.17) is 14.6 Å². The normalized spacial score (nSPS) is 11.1. The zero-order valence-electron chi connectivity index (χ0n) is 16.5. The monoisotopic (exact) mass is 373 g/mol. The van der Waals surface area contributed by atoms with Crippen molar-refractivity contribution in [3.63, 3.8) is 0 Å². The molecule has 2 N–H and O–H groups in total. The fourth-order valence-corrected chi connectivity index (χ4v) is 2.82. The lowest BCUT2D eigenvalue weighted by molar-refractivity contribution is -0.168. The molecule has 0 saturated carbocycles. The number of aliphatic hydroxyl groups is 1. The van der Waals surface area contributed by atoms with E-state index in [-0.39, 0.29) is 26.2 Å². The molecule has 26 heavy (non-hydrogen) atoms. The number of unbranched alkanes of at least 4 members (excludes halogenated alkanes) is 7. The van der Waals surface area contributed by atoms with Crippen molar-refractivity contribution < 1.29 is 29.0 Å². The first-order chi connectivity index (χ1) is 12.4. The van der Waals surface area contributed by atoms with Gasteiger partial charge in [-0.05, 0) is 33.1 Å². The first kappa shape index (κ1) is 24.4. The van der Waals surface area contributed by atoms with Crippen molar-refractivity contribution in [3.8, 4) is 0 Å². The summed E-state index contributed by atoms with van der Waals surface area (Å²) < 4.78 is 10.1. The minimum Gasteiger partial charge on any atom is -0.464 e. The maximum absolute atomic E-state index is 12.4. The van der Waals surface area contributed by atoms with Gasteiger partial charge in [-0.1, -0.05) is 38.5 Å². The Balaban J connectivity index is 4.66. The highest BCUT2D eigenvalue weighted by Gasteiger charge is 2.49. The number of aliphatic hydroxyl groups excluding tert-OH is 1. The molecule has 0 aliphatic rings. The fourth-order valence-electron chi connectivity index (χ4n) is 2.82. The van der Waals surface area contributed by atoms with E-state index in [1.165, 1.54) is 6.92 Å². The van der Waals surface area contributed by atoms with Crippen LogP contribution in [0.2, 0.25) is 0 Å². The first-order valence-corrected chi connectivity index (χ1v) is 9.68. The lowest BCUT2D eigenvalue weighted by Gasteiger charge is -2.29. The second kappa shape index (κ2) is 14.5. The van der Waals surface area contributed by atoms with Crippen LogP contribution < -0.4 is 5.32 Å². The third-order valence-corrected chi connectivity index (χ3v) is 4.10. The third-order valence-electron chi connectivity index (χ3n) is 4.10. The number of hydrogen-bond acceptors (Lipinski definition) is 6. The average molecular weight is 373 g/mol. The minimum absolute atomic E-state index is 0.118. The van der Waals surface area contributed by atoms with Crippen molar-refractivity contribution in [2.24, 2.45) is 0 Å². The van der Waals surface area contributed by atoms with Crippen molar-refractivity contribution in [2.45, 2.75) is 84.1 Å².